The lowest BCUT2D eigenvalue weighted by Crippen LogP contribution is -2.40. The Morgan fingerprint density at radius 2 is 1.55 bits per heavy atom. The molecule has 3 rings (SSSR count). The van der Waals surface area contributed by atoms with Gasteiger partial charge in [0.1, 0.15) is 0 Å². The first-order chi connectivity index (χ1) is 10.7. The van der Waals surface area contributed by atoms with Crippen LogP contribution < -0.4 is 4.90 Å². The lowest BCUT2D eigenvalue weighted by molar-refractivity contribution is 0.154. The maximum absolute atomic E-state index is 2.67. The van der Waals surface area contributed by atoms with E-state index in [2.05, 4.69) is 48.9 Å². The molecule has 2 aliphatic rings. The van der Waals surface area contributed by atoms with Crippen molar-refractivity contribution in [3.8, 4) is 0 Å². The molecule has 2 heterocycles. The molecule has 0 spiro atoms. The molecule has 0 radical (unpaired) electrons. The topological polar surface area (TPSA) is 6.48 Å². The Bertz CT molecular complexity index is 480. The zero-order valence-corrected chi connectivity index (χ0v) is 14.6. The summed E-state index contributed by atoms with van der Waals surface area (Å²) in [6, 6.07) is 6.80. The van der Waals surface area contributed by atoms with E-state index in [1.54, 1.807) is 0 Å². The number of nitrogens with zero attached hydrogens (tertiary/aromatic N) is 2. The minimum Gasteiger partial charge on any atom is -0.371 e. The quantitative estimate of drug-likeness (QED) is 0.828. The number of aryl methyl sites for hydroxylation is 2. The summed E-state index contributed by atoms with van der Waals surface area (Å²) in [6.45, 7) is 9.69. The maximum atomic E-state index is 2.67. The molecule has 0 atom stereocenters. The number of hydrogen-bond donors (Lipinski definition) is 0. The molecule has 0 N–H and O–H groups in total. The lowest BCUT2D eigenvalue weighted by Gasteiger charge is -2.41. The van der Waals surface area contributed by atoms with Gasteiger partial charge < -0.3 is 9.80 Å². The Kier molecular flexibility index (Phi) is 5.07. The van der Waals surface area contributed by atoms with Crippen LogP contribution in [0.2, 0.25) is 0 Å². The van der Waals surface area contributed by atoms with Gasteiger partial charge in [-0.1, -0.05) is 25.1 Å². The van der Waals surface area contributed by atoms with Gasteiger partial charge in [0, 0.05) is 18.8 Å². The van der Waals surface area contributed by atoms with Crippen molar-refractivity contribution in [2.24, 2.45) is 11.8 Å². The fraction of sp³-hybridized carbons (Fsp3) is 0.700. The molecule has 0 aliphatic carbocycles. The van der Waals surface area contributed by atoms with Gasteiger partial charge in [0.25, 0.3) is 0 Å². The molecule has 2 nitrogen and oxygen atoms in total. The minimum atomic E-state index is 0.971. The number of hydrogen-bond acceptors (Lipinski definition) is 2. The molecular formula is C20H32N2. The van der Waals surface area contributed by atoms with Crippen LogP contribution in [0.3, 0.4) is 0 Å². The van der Waals surface area contributed by atoms with Gasteiger partial charge in [-0.25, -0.2) is 0 Å². The van der Waals surface area contributed by atoms with Crippen LogP contribution in [0.5, 0.6) is 0 Å². The van der Waals surface area contributed by atoms with Gasteiger partial charge in [-0.15, -0.1) is 0 Å². The van der Waals surface area contributed by atoms with Crippen LogP contribution in [0, 0.1) is 18.8 Å². The highest BCUT2D eigenvalue weighted by molar-refractivity contribution is 5.59. The van der Waals surface area contributed by atoms with E-state index in [0.717, 1.165) is 18.3 Å². The van der Waals surface area contributed by atoms with Crippen LogP contribution in [-0.2, 0) is 6.42 Å². The van der Waals surface area contributed by atoms with Gasteiger partial charge >= 0.3 is 0 Å². The van der Waals surface area contributed by atoms with E-state index in [-0.39, 0.29) is 0 Å². The molecule has 0 saturated carbocycles. The van der Waals surface area contributed by atoms with Gasteiger partial charge in [0.15, 0.2) is 0 Å². The average molecular weight is 300 g/mol. The van der Waals surface area contributed by atoms with E-state index in [1.165, 1.54) is 68.7 Å². The normalized spacial score (nSPS) is 22.2. The Labute approximate surface area is 136 Å². The van der Waals surface area contributed by atoms with Crippen LogP contribution >= 0.6 is 0 Å². The third-order valence-electron chi connectivity index (χ3n) is 5.99. The van der Waals surface area contributed by atoms with E-state index in [1.807, 2.05) is 0 Å². The smallest absolute Gasteiger partial charge is 0.0428 e. The van der Waals surface area contributed by atoms with Gasteiger partial charge in [-0.3, -0.25) is 0 Å². The number of piperidine rings is 2. The molecule has 2 heteroatoms. The van der Waals surface area contributed by atoms with Gasteiger partial charge in [-0.05, 0) is 82.1 Å². The molecule has 0 unspecified atom stereocenters. The maximum Gasteiger partial charge on any atom is 0.0428 e. The fourth-order valence-electron chi connectivity index (χ4n) is 4.55. The van der Waals surface area contributed by atoms with Crippen molar-refractivity contribution in [3.05, 3.63) is 29.3 Å². The van der Waals surface area contributed by atoms with Crippen molar-refractivity contribution < 1.29 is 0 Å². The molecule has 0 bridgehead atoms. The van der Waals surface area contributed by atoms with Crippen molar-refractivity contribution >= 4 is 5.69 Å². The third kappa shape index (κ3) is 3.32. The van der Waals surface area contributed by atoms with Crippen LogP contribution in [0.4, 0.5) is 5.69 Å². The van der Waals surface area contributed by atoms with E-state index in [9.17, 15) is 0 Å². The Morgan fingerprint density at radius 1 is 0.955 bits per heavy atom. The van der Waals surface area contributed by atoms with Crippen molar-refractivity contribution in [3.63, 3.8) is 0 Å². The number of benzene rings is 1. The standard InChI is InChI=1S/C20H32N2/c1-4-17-7-5-6-16(2)20(17)22-14-10-19(11-15-22)18-8-12-21(3)13-9-18/h5-7,18-19H,4,8-15H2,1-3H3. The number of para-hydroxylation sites is 1. The second-order valence-electron chi connectivity index (χ2n) is 7.40. The van der Waals surface area contributed by atoms with E-state index >= 15 is 0 Å². The molecule has 0 aromatic heterocycles. The molecule has 0 amide bonds. The summed E-state index contributed by atoms with van der Waals surface area (Å²) in [7, 11) is 2.27. The first kappa shape index (κ1) is 15.9. The summed E-state index contributed by atoms with van der Waals surface area (Å²) >= 11 is 0. The van der Waals surface area contributed by atoms with Crippen molar-refractivity contribution in [2.75, 3.05) is 38.1 Å². The Balaban J connectivity index is 1.62. The van der Waals surface area contributed by atoms with Crippen LogP contribution in [0.25, 0.3) is 0 Å². The Hall–Kier alpha value is -1.02. The van der Waals surface area contributed by atoms with Crippen molar-refractivity contribution in [1.82, 2.24) is 4.90 Å². The van der Waals surface area contributed by atoms with Crippen molar-refractivity contribution in [2.45, 2.75) is 46.0 Å². The third-order valence-corrected chi connectivity index (χ3v) is 5.99. The number of anilines is 1. The largest absolute Gasteiger partial charge is 0.371 e. The fourth-order valence-corrected chi connectivity index (χ4v) is 4.55. The van der Waals surface area contributed by atoms with E-state index < -0.39 is 0 Å². The SMILES string of the molecule is CCc1cccc(C)c1N1CCC(C2CCN(C)CC2)CC1. The molecule has 122 valence electrons. The lowest BCUT2D eigenvalue weighted by atomic mass is 9.78. The molecule has 2 saturated heterocycles. The highest BCUT2D eigenvalue weighted by Crippen LogP contribution is 2.35. The second-order valence-corrected chi connectivity index (χ2v) is 7.40. The second kappa shape index (κ2) is 7.04. The minimum absolute atomic E-state index is 0.971. The Morgan fingerprint density at radius 3 is 2.14 bits per heavy atom. The van der Waals surface area contributed by atoms with Crippen LogP contribution in [0.15, 0.2) is 18.2 Å². The summed E-state index contributed by atoms with van der Waals surface area (Å²) in [6.07, 6.45) is 6.78. The molecule has 1 aromatic carbocycles. The molecule has 2 aliphatic heterocycles. The van der Waals surface area contributed by atoms with Gasteiger partial charge in [0.2, 0.25) is 0 Å². The summed E-state index contributed by atoms with van der Waals surface area (Å²) in [5, 5.41) is 0. The van der Waals surface area contributed by atoms with Gasteiger partial charge in [-0.2, -0.15) is 0 Å². The molecular weight excluding hydrogens is 268 g/mol. The van der Waals surface area contributed by atoms with E-state index in [4.69, 9.17) is 0 Å². The summed E-state index contributed by atoms with van der Waals surface area (Å²) < 4.78 is 0. The van der Waals surface area contributed by atoms with Crippen LogP contribution in [0.1, 0.15) is 43.7 Å². The first-order valence-electron chi connectivity index (χ1n) is 9.21. The molecule has 22 heavy (non-hydrogen) atoms. The summed E-state index contributed by atoms with van der Waals surface area (Å²) in [4.78, 5) is 5.16. The predicted octanol–water partition coefficient (Wildman–Crippen LogP) is 4.12. The van der Waals surface area contributed by atoms with Crippen LogP contribution in [-0.4, -0.2) is 38.1 Å². The summed E-state index contributed by atoms with van der Waals surface area (Å²) in [5.41, 5.74) is 4.52. The number of rotatable bonds is 3. The molecule has 2 fully saturated rings. The van der Waals surface area contributed by atoms with Gasteiger partial charge in [0.05, 0.1) is 0 Å². The van der Waals surface area contributed by atoms with Crippen molar-refractivity contribution in [1.29, 1.82) is 0 Å². The zero-order chi connectivity index (χ0) is 15.5. The average Bonchev–Trinajstić information content (AvgIpc) is 2.55. The first-order valence-corrected chi connectivity index (χ1v) is 9.21. The highest BCUT2D eigenvalue weighted by atomic mass is 15.1. The molecule has 1 aromatic rings. The summed E-state index contributed by atoms with van der Waals surface area (Å²) in [5.74, 6) is 1.96. The highest BCUT2D eigenvalue weighted by Gasteiger charge is 2.29. The monoisotopic (exact) mass is 300 g/mol. The van der Waals surface area contributed by atoms with E-state index in [0.29, 0.717) is 0 Å². The predicted molar refractivity (Wildman–Crippen MR) is 95.7 cm³/mol. The zero-order valence-electron chi connectivity index (χ0n) is 14.6. The number of likely N-dealkylation sites (tertiary alicyclic amines) is 1.